The first-order chi connectivity index (χ1) is 6.02. The lowest BCUT2D eigenvalue weighted by molar-refractivity contribution is 0.537. The van der Waals surface area contributed by atoms with Gasteiger partial charge in [0.05, 0.1) is 0 Å². The second kappa shape index (κ2) is 6.83. The summed E-state index contributed by atoms with van der Waals surface area (Å²) in [7, 11) is 3.98. The van der Waals surface area contributed by atoms with Gasteiger partial charge in [0.15, 0.2) is 0 Å². The highest BCUT2D eigenvalue weighted by Gasteiger charge is 2.18. The van der Waals surface area contributed by atoms with E-state index in [2.05, 4.69) is 34.3 Å². The van der Waals surface area contributed by atoms with Crippen LogP contribution in [0.3, 0.4) is 0 Å². The summed E-state index contributed by atoms with van der Waals surface area (Å²) < 4.78 is 0.415. The number of hydrogen-bond donors (Lipinski definition) is 0. The fourth-order valence-electron chi connectivity index (χ4n) is 0.953. The zero-order valence-electron chi connectivity index (χ0n) is 9.30. The zero-order chi connectivity index (χ0) is 10.3. The molecular formula is C11H22S2. The summed E-state index contributed by atoms with van der Waals surface area (Å²) in [5.41, 5.74) is 0. The summed E-state index contributed by atoms with van der Waals surface area (Å²) in [6, 6.07) is 0. The minimum Gasteiger partial charge on any atom is -0.103 e. The van der Waals surface area contributed by atoms with Gasteiger partial charge in [-0.3, -0.25) is 0 Å². The Morgan fingerprint density at radius 1 is 1.46 bits per heavy atom. The lowest BCUT2D eigenvalue weighted by atomic mass is 9.99. The average Bonchev–Trinajstić information content (AvgIpc) is 2.11. The molecule has 0 saturated carbocycles. The van der Waals surface area contributed by atoms with Crippen molar-refractivity contribution in [3.8, 4) is 0 Å². The Labute approximate surface area is 91.3 Å². The van der Waals surface area contributed by atoms with Gasteiger partial charge in [-0.2, -0.15) is 0 Å². The Morgan fingerprint density at radius 2 is 2.08 bits per heavy atom. The van der Waals surface area contributed by atoms with Crippen molar-refractivity contribution < 1.29 is 0 Å². The van der Waals surface area contributed by atoms with E-state index < -0.39 is 0 Å². The van der Waals surface area contributed by atoms with Crippen LogP contribution in [0.15, 0.2) is 12.7 Å². The predicted molar refractivity (Wildman–Crippen MR) is 68.4 cm³/mol. The van der Waals surface area contributed by atoms with Crippen LogP contribution in [0.5, 0.6) is 0 Å². The van der Waals surface area contributed by atoms with Crippen LogP contribution in [0.1, 0.15) is 40.5 Å². The van der Waals surface area contributed by atoms with Crippen molar-refractivity contribution in [1.82, 2.24) is 0 Å². The van der Waals surface area contributed by atoms with E-state index in [1.165, 1.54) is 18.6 Å². The van der Waals surface area contributed by atoms with E-state index in [1.807, 2.05) is 27.7 Å². The van der Waals surface area contributed by atoms with Crippen molar-refractivity contribution in [2.45, 2.75) is 45.3 Å². The maximum absolute atomic E-state index is 3.81. The third-order valence-electron chi connectivity index (χ3n) is 2.01. The molecule has 0 aliphatic carbocycles. The molecule has 0 aliphatic rings. The van der Waals surface area contributed by atoms with Crippen LogP contribution < -0.4 is 0 Å². The van der Waals surface area contributed by atoms with Crippen molar-refractivity contribution in [2.24, 2.45) is 5.92 Å². The molecule has 78 valence electrons. The fraction of sp³-hybridized carbons (Fsp3) is 0.818. The van der Waals surface area contributed by atoms with Crippen molar-refractivity contribution in [2.75, 3.05) is 5.75 Å². The Bertz CT molecular complexity index is 141. The Kier molecular flexibility index (Phi) is 7.06. The van der Waals surface area contributed by atoms with E-state index >= 15 is 0 Å². The van der Waals surface area contributed by atoms with Gasteiger partial charge in [0.2, 0.25) is 0 Å². The van der Waals surface area contributed by atoms with E-state index in [9.17, 15) is 0 Å². The van der Waals surface area contributed by atoms with Crippen molar-refractivity contribution in [3.05, 3.63) is 12.7 Å². The highest BCUT2D eigenvalue weighted by Crippen LogP contribution is 2.39. The van der Waals surface area contributed by atoms with Crippen LogP contribution in [0.25, 0.3) is 0 Å². The van der Waals surface area contributed by atoms with Crippen molar-refractivity contribution in [3.63, 3.8) is 0 Å². The largest absolute Gasteiger partial charge is 0.103 e. The van der Waals surface area contributed by atoms with Crippen LogP contribution in [0.4, 0.5) is 0 Å². The minimum absolute atomic E-state index is 0.415. The molecule has 2 heteroatoms. The molecule has 1 atom stereocenters. The SMILES string of the molecule is C=CC(C)CCC(C)(C)SSCC. The predicted octanol–water partition coefficient (Wildman–Crippen LogP) is 4.77. The van der Waals surface area contributed by atoms with Gasteiger partial charge in [-0.25, -0.2) is 0 Å². The maximum atomic E-state index is 3.81. The quantitative estimate of drug-likeness (QED) is 0.446. The van der Waals surface area contributed by atoms with E-state index in [0.29, 0.717) is 10.7 Å². The molecule has 0 fully saturated rings. The van der Waals surface area contributed by atoms with Crippen LogP contribution in [-0.4, -0.2) is 10.5 Å². The molecule has 0 N–H and O–H groups in total. The topological polar surface area (TPSA) is 0 Å². The minimum atomic E-state index is 0.415. The highest BCUT2D eigenvalue weighted by atomic mass is 33.1. The smallest absolute Gasteiger partial charge is 0.0207 e. The molecule has 0 aliphatic heterocycles. The molecule has 0 aromatic carbocycles. The molecule has 0 nitrogen and oxygen atoms in total. The summed E-state index contributed by atoms with van der Waals surface area (Å²) in [6.07, 6.45) is 4.58. The Morgan fingerprint density at radius 3 is 2.54 bits per heavy atom. The Balaban J connectivity index is 3.67. The van der Waals surface area contributed by atoms with Crippen LogP contribution in [-0.2, 0) is 0 Å². The molecule has 0 aromatic rings. The second-order valence-corrected chi connectivity index (χ2v) is 7.29. The first kappa shape index (κ1) is 13.4. The van der Waals surface area contributed by atoms with Crippen molar-refractivity contribution in [1.29, 1.82) is 0 Å². The van der Waals surface area contributed by atoms with Gasteiger partial charge in [0.1, 0.15) is 0 Å². The molecule has 0 spiro atoms. The second-order valence-electron chi connectivity index (χ2n) is 4.00. The van der Waals surface area contributed by atoms with Gasteiger partial charge in [0.25, 0.3) is 0 Å². The third-order valence-corrected chi connectivity index (χ3v) is 5.43. The fourth-order valence-corrected chi connectivity index (χ4v) is 3.15. The molecule has 0 heterocycles. The van der Waals surface area contributed by atoms with Gasteiger partial charge in [-0.15, -0.1) is 6.58 Å². The van der Waals surface area contributed by atoms with E-state index in [-0.39, 0.29) is 0 Å². The van der Waals surface area contributed by atoms with Gasteiger partial charge in [-0.05, 0) is 32.6 Å². The highest BCUT2D eigenvalue weighted by molar-refractivity contribution is 8.77. The summed E-state index contributed by atoms with van der Waals surface area (Å²) >= 11 is 0. The maximum Gasteiger partial charge on any atom is 0.0207 e. The van der Waals surface area contributed by atoms with Crippen LogP contribution in [0, 0.1) is 5.92 Å². The average molecular weight is 218 g/mol. The third kappa shape index (κ3) is 7.51. The first-order valence-corrected chi connectivity index (χ1v) is 7.27. The summed E-state index contributed by atoms with van der Waals surface area (Å²) in [6.45, 7) is 12.9. The molecule has 0 radical (unpaired) electrons. The van der Waals surface area contributed by atoms with E-state index in [4.69, 9.17) is 0 Å². The zero-order valence-corrected chi connectivity index (χ0v) is 10.9. The van der Waals surface area contributed by atoms with Crippen LogP contribution >= 0.6 is 21.6 Å². The van der Waals surface area contributed by atoms with Gasteiger partial charge >= 0.3 is 0 Å². The Hall–Kier alpha value is 0.440. The molecule has 13 heavy (non-hydrogen) atoms. The molecule has 0 aromatic heterocycles. The molecule has 0 rings (SSSR count). The summed E-state index contributed by atoms with van der Waals surface area (Å²) in [5.74, 6) is 1.86. The number of hydrogen-bond acceptors (Lipinski definition) is 2. The number of allylic oxidation sites excluding steroid dienone is 1. The lowest BCUT2D eigenvalue weighted by Crippen LogP contribution is -2.14. The number of rotatable bonds is 7. The monoisotopic (exact) mass is 218 g/mol. The normalized spacial score (nSPS) is 14.2. The molecule has 1 unspecified atom stereocenters. The van der Waals surface area contributed by atoms with Gasteiger partial charge in [-0.1, -0.05) is 41.5 Å². The standard InChI is InChI=1S/C11H22S2/c1-6-10(3)8-9-11(4,5)13-12-7-2/h6,10H,1,7-9H2,2-5H3. The van der Waals surface area contributed by atoms with E-state index in [0.717, 1.165) is 0 Å². The summed E-state index contributed by atoms with van der Waals surface area (Å²) in [4.78, 5) is 0. The van der Waals surface area contributed by atoms with Gasteiger partial charge in [0, 0.05) is 10.5 Å². The lowest BCUT2D eigenvalue weighted by Gasteiger charge is -2.23. The molecule has 0 bridgehead atoms. The molecule has 0 saturated heterocycles. The molecule has 0 amide bonds. The molecular weight excluding hydrogens is 196 g/mol. The van der Waals surface area contributed by atoms with Crippen molar-refractivity contribution >= 4 is 21.6 Å². The summed E-state index contributed by atoms with van der Waals surface area (Å²) in [5, 5.41) is 0. The van der Waals surface area contributed by atoms with Gasteiger partial charge < -0.3 is 0 Å². The van der Waals surface area contributed by atoms with E-state index in [1.54, 1.807) is 0 Å². The van der Waals surface area contributed by atoms with Crippen LogP contribution in [0.2, 0.25) is 0 Å². The first-order valence-electron chi connectivity index (χ1n) is 4.95.